The van der Waals surface area contributed by atoms with Gasteiger partial charge in [0.2, 0.25) is 0 Å². The van der Waals surface area contributed by atoms with Crippen molar-refractivity contribution < 1.29 is 28.8 Å². The van der Waals surface area contributed by atoms with Gasteiger partial charge in [-0.2, -0.15) is 0 Å². The molecule has 15 heavy (non-hydrogen) atoms. The number of hydrogen-bond donors (Lipinski definition) is 0. The van der Waals surface area contributed by atoms with Crippen LogP contribution in [0.4, 0.5) is 0 Å². The summed E-state index contributed by atoms with van der Waals surface area (Å²) in [7, 11) is 0. The summed E-state index contributed by atoms with van der Waals surface area (Å²) < 4.78 is 0. The molecule has 1 aromatic rings. The fourth-order valence-electron chi connectivity index (χ4n) is 1.31. The first-order valence-corrected chi connectivity index (χ1v) is 4.83. The third-order valence-electron chi connectivity index (χ3n) is 2.46. The van der Waals surface area contributed by atoms with Crippen molar-refractivity contribution in [3.05, 3.63) is 35.4 Å². The van der Waals surface area contributed by atoms with Crippen LogP contribution in [-0.4, -0.2) is 5.97 Å². The predicted molar refractivity (Wildman–Crippen MR) is 54.0 cm³/mol. The molecular weight excluding hydrogens is 183 g/mol. The zero-order chi connectivity index (χ0) is 10.7. The number of aliphatic carboxylic acids is 1. The summed E-state index contributed by atoms with van der Waals surface area (Å²) in [6, 6.07) is 7.66. The van der Waals surface area contributed by atoms with Gasteiger partial charge >= 0.3 is 18.9 Å². The predicted octanol–water partition coefficient (Wildman–Crippen LogP) is -1.33. The minimum absolute atomic E-state index is 0. The molecule has 1 aromatic carbocycles. The Morgan fingerprint density at radius 3 is 1.80 bits per heavy atom. The molecule has 0 aliphatic heterocycles. The third kappa shape index (κ3) is 3.74. The van der Waals surface area contributed by atoms with E-state index in [1.807, 2.05) is 24.3 Å². The average molecular weight is 198 g/mol. The molecule has 1 atom stereocenters. The van der Waals surface area contributed by atoms with Crippen molar-refractivity contribution in [3.63, 3.8) is 0 Å². The van der Waals surface area contributed by atoms with E-state index in [2.05, 4.69) is 13.8 Å². The van der Waals surface area contributed by atoms with E-state index in [4.69, 9.17) is 0 Å². The van der Waals surface area contributed by atoms with Gasteiger partial charge in [0, 0.05) is 11.9 Å². The van der Waals surface area contributed by atoms with Gasteiger partial charge in [0.1, 0.15) is 0 Å². The van der Waals surface area contributed by atoms with E-state index >= 15 is 0 Å². The van der Waals surface area contributed by atoms with Gasteiger partial charge in [0.25, 0.3) is 0 Å². The van der Waals surface area contributed by atoms with Crippen molar-refractivity contribution in [2.75, 3.05) is 0 Å². The number of carboxylic acid groups (broad SMARTS) is 1. The minimum Gasteiger partial charge on any atom is -0.550 e. The van der Waals surface area contributed by atoms with Crippen LogP contribution in [0.1, 0.15) is 43.7 Å². The van der Waals surface area contributed by atoms with Crippen LogP contribution in [0.15, 0.2) is 24.3 Å². The molecule has 0 aliphatic rings. The summed E-state index contributed by atoms with van der Waals surface area (Å²) in [6.45, 7) is 5.86. The molecule has 0 bridgehead atoms. The number of benzene rings is 1. The topological polar surface area (TPSA) is 40.1 Å². The summed E-state index contributed by atoms with van der Waals surface area (Å²) >= 11 is 0. The third-order valence-corrected chi connectivity index (χ3v) is 2.46. The molecule has 3 heteroatoms. The van der Waals surface area contributed by atoms with Crippen LogP contribution < -0.4 is 24.0 Å². The van der Waals surface area contributed by atoms with E-state index in [0.717, 1.165) is 5.56 Å². The summed E-state index contributed by atoms with van der Waals surface area (Å²) in [5.74, 6) is -1.08. The molecule has 2 nitrogen and oxygen atoms in total. The first-order valence-electron chi connectivity index (χ1n) is 4.83. The van der Waals surface area contributed by atoms with Crippen LogP contribution in [0.3, 0.4) is 0 Å². The van der Waals surface area contributed by atoms with Crippen LogP contribution >= 0.6 is 0 Å². The molecule has 0 radical (unpaired) electrons. The Balaban J connectivity index is 0.00000196. The van der Waals surface area contributed by atoms with Crippen molar-refractivity contribution in [2.45, 2.75) is 32.6 Å². The largest absolute Gasteiger partial charge is 1.00 e. The Kier molecular flexibility index (Phi) is 5.71. The van der Waals surface area contributed by atoms with Crippen molar-refractivity contribution in [1.29, 1.82) is 0 Å². The van der Waals surface area contributed by atoms with Crippen LogP contribution in [-0.2, 0) is 4.79 Å². The van der Waals surface area contributed by atoms with Crippen molar-refractivity contribution in [3.8, 4) is 0 Å². The normalized spacial score (nSPS) is 12.0. The van der Waals surface area contributed by atoms with Crippen LogP contribution in [0.2, 0.25) is 0 Å². The maximum atomic E-state index is 10.6. The molecule has 0 amide bonds. The molecule has 0 saturated carbocycles. The van der Waals surface area contributed by atoms with E-state index in [1.165, 1.54) is 5.56 Å². The molecule has 0 saturated heterocycles. The van der Waals surface area contributed by atoms with Gasteiger partial charge < -0.3 is 9.90 Å². The molecule has 1 rings (SSSR count). The Bertz CT molecular complexity index is 317. The quantitative estimate of drug-likeness (QED) is 0.564. The zero-order valence-corrected chi connectivity index (χ0v) is 9.78. The smallest absolute Gasteiger partial charge is 0.550 e. The van der Waals surface area contributed by atoms with Crippen molar-refractivity contribution >= 4 is 5.97 Å². The van der Waals surface area contributed by atoms with E-state index in [9.17, 15) is 9.90 Å². The fraction of sp³-hybridized carbons (Fsp3) is 0.417. The Labute approximate surface area is 103 Å². The van der Waals surface area contributed by atoms with E-state index in [-0.39, 0.29) is 18.9 Å². The molecule has 0 N–H and O–H groups in total. The Hall–Kier alpha value is -0.713. The Morgan fingerprint density at radius 2 is 1.47 bits per heavy atom. The first-order chi connectivity index (χ1) is 6.52. The van der Waals surface area contributed by atoms with Gasteiger partial charge in [0.15, 0.2) is 0 Å². The number of carbonyl (C=O) groups is 1. The van der Waals surface area contributed by atoms with Gasteiger partial charge in [-0.3, -0.25) is 0 Å². The zero-order valence-electron chi connectivity index (χ0n) is 9.78. The average Bonchev–Trinajstić information content (AvgIpc) is 2.16. The molecule has 0 spiro atoms. The second kappa shape index (κ2) is 6.00. The Morgan fingerprint density at radius 1 is 1.07 bits per heavy atom. The number of hydrogen-bond acceptors (Lipinski definition) is 2. The molecule has 76 valence electrons. The molecule has 1 unspecified atom stereocenters. The monoisotopic (exact) mass is 198 g/mol. The minimum atomic E-state index is -1.03. The SMILES string of the molecule is CC(C)c1ccc(C(C)C(=O)[O-])cc1.[Li+]. The fourth-order valence-corrected chi connectivity index (χ4v) is 1.31. The second-order valence-corrected chi connectivity index (χ2v) is 3.86. The molecule has 0 heterocycles. The maximum absolute atomic E-state index is 10.6. The van der Waals surface area contributed by atoms with E-state index in [1.54, 1.807) is 6.92 Å². The van der Waals surface area contributed by atoms with Crippen molar-refractivity contribution in [2.24, 2.45) is 0 Å². The van der Waals surface area contributed by atoms with E-state index < -0.39 is 11.9 Å². The van der Waals surface area contributed by atoms with Gasteiger partial charge in [0.05, 0.1) is 0 Å². The van der Waals surface area contributed by atoms with E-state index in [0.29, 0.717) is 5.92 Å². The second-order valence-electron chi connectivity index (χ2n) is 3.86. The van der Waals surface area contributed by atoms with Crippen LogP contribution in [0, 0.1) is 0 Å². The van der Waals surface area contributed by atoms with Gasteiger partial charge in [-0.15, -0.1) is 0 Å². The molecule has 0 fully saturated rings. The standard InChI is InChI=1S/C12H16O2.Li/c1-8(2)10-4-6-11(7-5-10)9(3)12(13)14;/h4-9H,1-3H3,(H,13,14);/q;+1/p-1. The van der Waals surface area contributed by atoms with Gasteiger partial charge in [-0.05, 0) is 17.0 Å². The van der Waals surface area contributed by atoms with Crippen molar-refractivity contribution in [1.82, 2.24) is 0 Å². The molecule has 0 aromatic heterocycles. The molecular formula is C12H15LiO2. The summed E-state index contributed by atoms with van der Waals surface area (Å²) in [5.41, 5.74) is 2.02. The maximum Gasteiger partial charge on any atom is 1.00 e. The molecule has 0 aliphatic carbocycles. The summed E-state index contributed by atoms with van der Waals surface area (Å²) in [4.78, 5) is 10.6. The van der Waals surface area contributed by atoms with Crippen LogP contribution in [0.25, 0.3) is 0 Å². The number of rotatable bonds is 3. The first kappa shape index (κ1) is 14.3. The summed E-state index contributed by atoms with van der Waals surface area (Å²) in [6.07, 6.45) is 0. The van der Waals surface area contributed by atoms with Gasteiger partial charge in [-0.25, -0.2) is 0 Å². The number of carbonyl (C=O) groups excluding carboxylic acids is 1. The van der Waals surface area contributed by atoms with Crippen LogP contribution in [0.5, 0.6) is 0 Å². The number of carboxylic acids is 1. The summed E-state index contributed by atoms with van der Waals surface area (Å²) in [5, 5.41) is 10.6. The van der Waals surface area contributed by atoms with Gasteiger partial charge in [-0.1, -0.05) is 45.0 Å².